The Balaban J connectivity index is 1.66. The number of nitrogens with one attached hydrogen (secondary N) is 1. The summed E-state index contributed by atoms with van der Waals surface area (Å²) in [5.41, 5.74) is 3.97. The number of rotatable bonds is 6. The summed E-state index contributed by atoms with van der Waals surface area (Å²) in [5.74, 6) is -0.192. The predicted octanol–water partition coefficient (Wildman–Crippen LogP) is 3.25. The lowest BCUT2D eigenvalue weighted by Crippen LogP contribution is -2.12. The number of halogens is 1. The maximum absolute atomic E-state index is 12.3. The van der Waals surface area contributed by atoms with Gasteiger partial charge >= 0.3 is 0 Å². The molecule has 0 saturated carbocycles. The minimum absolute atomic E-state index is 0.192. The zero-order valence-electron chi connectivity index (χ0n) is 14.9. The minimum atomic E-state index is -0.192. The molecule has 7 nitrogen and oxygen atoms in total. The molecular formula is C18H20ClN5O2. The van der Waals surface area contributed by atoms with Gasteiger partial charge in [-0.25, -0.2) is 4.68 Å². The second-order valence-corrected chi connectivity index (χ2v) is 6.36. The molecule has 0 spiro atoms. The molecule has 0 saturated heterocycles. The molecule has 3 aromatic rings. The van der Waals surface area contributed by atoms with Gasteiger partial charge in [0.25, 0.3) is 5.91 Å². The molecule has 1 amide bonds. The fourth-order valence-electron chi connectivity index (χ4n) is 2.60. The lowest BCUT2D eigenvalue weighted by Gasteiger charge is -2.07. The van der Waals surface area contributed by atoms with Gasteiger partial charge in [-0.15, -0.1) is 0 Å². The number of benzene rings is 1. The van der Waals surface area contributed by atoms with Crippen molar-refractivity contribution in [2.45, 2.75) is 27.1 Å². The van der Waals surface area contributed by atoms with Crippen molar-refractivity contribution in [2.24, 2.45) is 0 Å². The highest BCUT2D eigenvalue weighted by molar-refractivity contribution is 6.31. The smallest absolute Gasteiger partial charge is 0.255 e. The van der Waals surface area contributed by atoms with Crippen LogP contribution in [0.25, 0.3) is 0 Å². The van der Waals surface area contributed by atoms with Gasteiger partial charge in [-0.1, -0.05) is 23.7 Å². The van der Waals surface area contributed by atoms with E-state index in [2.05, 4.69) is 15.5 Å². The van der Waals surface area contributed by atoms with Crippen LogP contribution in [-0.2, 0) is 18.0 Å². The summed E-state index contributed by atoms with van der Waals surface area (Å²) >= 11 is 6.18. The number of carbonyl (C=O) groups excluding carboxylic acids is 1. The fraction of sp³-hybridized carbons (Fsp3) is 0.278. The van der Waals surface area contributed by atoms with Crippen molar-refractivity contribution >= 4 is 23.2 Å². The Kier molecular flexibility index (Phi) is 5.39. The van der Waals surface area contributed by atoms with Crippen LogP contribution < -0.4 is 5.32 Å². The first kappa shape index (κ1) is 18.2. The van der Waals surface area contributed by atoms with E-state index >= 15 is 0 Å². The van der Waals surface area contributed by atoms with Gasteiger partial charge in [-0.2, -0.15) is 10.2 Å². The molecule has 0 bridgehead atoms. The van der Waals surface area contributed by atoms with Crippen molar-refractivity contribution in [3.05, 3.63) is 64.2 Å². The lowest BCUT2D eigenvalue weighted by molar-refractivity contribution is 0.102. The number of aryl methyl sites for hydroxylation is 1. The molecule has 136 valence electrons. The topological polar surface area (TPSA) is 74.0 Å². The van der Waals surface area contributed by atoms with E-state index < -0.39 is 0 Å². The van der Waals surface area contributed by atoms with E-state index in [1.807, 2.05) is 30.7 Å². The largest absolute Gasteiger partial charge is 0.362 e. The monoisotopic (exact) mass is 373 g/mol. The fourth-order valence-corrected chi connectivity index (χ4v) is 2.73. The summed E-state index contributed by atoms with van der Waals surface area (Å²) in [7, 11) is 1.58. The second kappa shape index (κ2) is 7.72. The van der Waals surface area contributed by atoms with Gasteiger partial charge in [0.05, 0.1) is 41.0 Å². The van der Waals surface area contributed by atoms with Crippen LogP contribution in [0.4, 0.5) is 5.69 Å². The normalized spacial score (nSPS) is 10.9. The van der Waals surface area contributed by atoms with Crippen molar-refractivity contribution in [3.63, 3.8) is 0 Å². The molecule has 26 heavy (non-hydrogen) atoms. The SMILES string of the molecule is COCn1cc(NC(=O)c2ccc(Cn3nc(C)c(Cl)c3C)cc2)cn1. The Labute approximate surface area is 156 Å². The van der Waals surface area contributed by atoms with Gasteiger partial charge < -0.3 is 10.1 Å². The third-order valence-electron chi connectivity index (χ3n) is 3.99. The number of hydrogen-bond acceptors (Lipinski definition) is 4. The Morgan fingerprint density at radius 1 is 1.27 bits per heavy atom. The highest BCUT2D eigenvalue weighted by Gasteiger charge is 2.11. The number of anilines is 1. The maximum atomic E-state index is 12.3. The predicted molar refractivity (Wildman–Crippen MR) is 99.4 cm³/mol. The maximum Gasteiger partial charge on any atom is 0.255 e. The number of amides is 1. The molecule has 8 heteroatoms. The van der Waals surface area contributed by atoms with E-state index in [0.717, 1.165) is 17.0 Å². The van der Waals surface area contributed by atoms with Crippen LogP contribution in [0.5, 0.6) is 0 Å². The molecule has 0 atom stereocenters. The van der Waals surface area contributed by atoms with Crippen LogP contribution in [0, 0.1) is 13.8 Å². The third-order valence-corrected chi connectivity index (χ3v) is 4.54. The number of methoxy groups -OCH3 is 1. The molecule has 0 aliphatic heterocycles. The lowest BCUT2D eigenvalue weighted by atomic mass is 10.1. The van der Waals surface area contributed by atoms with Gasteiger partial charge in [-0.05, 0) is 31.5 Å². The number of nitrogens with zero attached hydrogens (tertiary/aromatic N) is 4. The Morgan fingerprint density at radius 3 is 2.62 bits per heavy atom. The minimum Gasteiger partial charge on any atom is -0.362 e. The van der Waals surface area contributed by atoms with Crippen LogP contribution in [0.15, 0.2) is 36.7 Å². The van der Waals surface area contributed by atoms with Crippen molar-refractivity contribution in [1.29, 1.82) is 0 Å². The average molecular weight is 374 g/mol. The van der Waals surface area contributed by atoms with Gasteiger partial charge in [0, 0.05) is 12.7 Å². The summed E-state index contributed by atoms with van der Waals surface area (Å²) in [4.78, 5) is 12.3. The highest BCUT2D eigenvalue weighted by atomic mass is 35.5. The number of aromatic nitrogens is 4. The van der Waals surface area contributed by atoms with Crippen LogP contribution in [0.2, 0.25) is 5.02 Å². The molecular weight excluding hydrogens is 354 g/mol. The van der Waals surface area contributed by atoms with Crippen molar-refractivity contribution in [3.8, 4) is 0 Å². The summed E-state index contributed by atoms with van der Waals surface area (Å²) in [5, 5.41) is 12.0. The zero-order chi connectivity index (χ0) is 18.7. The van der Waals surface area contributed by atoms with E-state index in [1.165, 1.54) is 0 Å². The summed E-state index contributed by atoms with van der Waals surface area (Å²) < 4.78 is 8.44. The van der Waals surface area contributed by atoms with Crippen LogP contribution in [-0.4, -0.2) is 32.6 Å². The van der Waals surface area contributed by atoms with Crippen LogP contribution in [0.3, 0.4) is 0 Å². The summed E-state index contributed by atoms with van der Waals surface area (Å²) in [6.07, 6.45) is 3.29. The molecule has 2 aromatic heterocycles. The second-order valence-electron chi connectivity index (χ2n) is 5.98. The van der Waals surface area contributed by atoms with Gasteiger partial charge in [0.2, 0.25) is 0 Å². The first-order valence-electron chi connectivity index (χ1n) is 8.09. The first-order valence-corrected chi connectivity index (χ1v) is 8.47. The van der Waals surface area contributed by atoms with Gasteiger partial charge in [-0.3, -0.25) is 9.48 Å². The quantitative estimate of drug-likeness (QED) is 0.719. The van der Waals surface area contributed by atoms with Crippen molar-refractivity contribution in [1.82, 2.24) is 19.6 Å². The van der Waals surface area contributed by atoms with E-state index in [1.54, 1.807) is 36.3 Å². The Hall–Kier alpha value is -2.64. The molecule has 0 radical (unpaired) electrons. The van der Waals surface area contributed by atoms with Crippen LogP contribution in [0.1, 0.15) is 27.3 Å². The Bertz CT molecular complexity index is 914. The standard InChI is InChI=1S/C18H20ClN5O2/c1-12-17(19)13(2)24(22-12)9-14-4-6-15(7-5-14)18(25)21-16-8-20-23(10-16)11-26-3/h4-8,10H,9,11H2,1-3H3,(H,21,25). The number of ether oxygens (including phenoxy) is 1. The van der Waals surface area contributed by atoms with E-state index in [9.17, 15) is 4.79 Å². The van der Waals surface area contributed by atoms with Crippen LogP contribution >= 0.6 is 11.6 Å². The Morgan fingerprint density at radius 2 is 2.00 bits per heavy atom. The average Bonchev–Trinajstić information content (AvgIpc) is 3.16. The van der Waals surface area contributed by atoms with E-state index in [4.69, 9.17) is 16.3 Å². The van der Waals surface area contributed by atoms with E-state index in [0.29, 0.717) is 29.5 Å². The molecule has 3 rings (SSSR count). The van der Waals surface area contributed by atoms with Gasteiger partial charge in [0.15, 0.2) is 0 Å². The zero-order valence-corrected chi connectivity index (χ0v) is 15.6. The molecule has 1 N–H and O–H groups in total. The summed E-state index contributed by atoms with van der Waals surface area (Å²) in [6.45, 7) is 4.76. The molecule has 0 aliphatic carbocycles. The molecule has 0 unspecified atom stereocenters. The van der Waals surface area contributed by atoms with Gasteiger partial charge in [0.1, 0.15) is 6.73 Å². The number of hydrogen-bond donors (Lipinski definition) is 1. The first-order chi connectivity index (χ1) is 12.5. The molecule has 0 fully saturated rings. The molecule has 0 aliphatic rings. The van der Waals surface area contributed by atoms with E-state index in [-0.39, 0.29) is 5.91 Å². The third kappa shape index (κ3) is 3.95. The molecule has 1 aromatic carbocycles. The van der Waals surface area contributed by atoms with Crippen molar-refractivity contribution < 1.29 is 9.53 Å². The summed E-state index contributed by atoms with van der Waals surface area (Å²) in [6, 6.07) is 7.40. The highest BCUT2D eigenvalue weighted by Crippen LogP contribution is 2.20. The number of carbonyl (C=O) groups is 1. The molecule has 2 heterocycles. The van der Waals surface area contributed by atoms with Crippen molar-refractivity contribution in [2.75, 3.05) is 12.4 Å².